The summed E-state index contributed by atoms with van der Waals surface area (Å²) in [6.07, 6.45) is 1.40. The highest BCUT2D eigenvalue weighted by molar-refractivity contribution is 5.25. The third-order valence-corrected chi connectivity index (χ3v) is 2.54. The van der Waals surface area contributed by atoms with Gasteiger partial charge in [-0.25, -0.2) is 9.97 Å². The molecule has 0 aliphatic carbocycles. The Morgan fingerprint density at radius 3 is 2.72 bits per heavy atom. The summed E-state index contributed by atoms with van der Waals surface area (Å²) in [5.41, 5.74) is 0.328. The van der Waals surface area contributed by atoms with E-state index in [1.54, 1.807) is 0 Å². The van der Waals surface area contributed by atoms with Gasteiger partial charge >= 0.3 is 0 Å². The zero-order valence-electron chi connectivity index (χ0n) is 9.78. The number of hydrogen-bond donors (Lipinski definition) is 3. The molecule has 0 bridgehead atoms. The van der Waals surface area contributed by atoms with Gasteiger partial charge in [-0.2, -0.15) is 4.52 Å². The first-order valence-corrected chi connectivity index (χ1v) is 5.60. The van der Waals surface area contributed by atoms with E-state index >= 15 is 0 Å². The molecule has 0 saturated carbocycles. The lowest BCUT2D eigenvalue weighted by Gasteiger charge is -2.19. The minimum Gasteiger partial charge on any atom is -0.395 e. The van der Waals surface area contributed by atoms with Crippen molar-refractivity contribution in [1.82, 2.24) is 24.5 Å². The molecule has 0 fully saturated rings. The maximum atomic E-state index is 11.7. The number of nitrogens with one attached hydrogen (secondary N) is 1. The molecule has 2 aromatic rings. The van der Waals surface area contributed by atoms with Gasteiger partial charge in [0.1, 0.15) is 6.33 Å². The second-order valence-corrected chi connectivity index (χ2v) is 3.83. The molecule has 3 N–H and O–H groups in total. The van der Waals surface area contributed by atoms with E-state index in [4.69, 9.17) is 10.2 Å². The first-order valence-electron chi connectivity index (χ1n) is 5.60. The van der Waals surface area contributed by atoms with Crippen molar-refractivity contribution < 1.29 is 10.2 Å². The summed E-state index contributed by atoms with van der Waals surface area (Å²) in [5, 5.41) is 20.5. The minimum atomic E-state index is -0.236. The lowest BCUT2D eigenvalue weighted by Crippen LogP contribution is -2.30. The van der Waals surface area contributed by atoms with Gasteiger partial charge in [-0.15, -0.1) is 0 Å². The van der Waals surface area contributed by atoms with E-state index < -0.39 is 0 Å². The van der Waals surface area contributed by atoms with E-state index in [9.17, 15) is 4.79 Å². The van der Waals surface area contributed by atoms with Crippen molar-refractivity contribution in [3.63, 3.8) is 0 Å². The van der Waals surface area contributed by atoms with Gasteiger partial charge in [-0.05, 0) is 0 Å². The molecule has 0 radical (unpaired) electrons. The number of aromatic nitrogens is 4. The maximum Gasteiger partial charge on any atom is 0.274 e. The van der Waals surface area contributed by atoms with Crippen molar-refractivity contribution in [2.24, 2.45) is 0 Å². The molecular formula is C10H15N5O3. The van der Waals surface area contributed by atoms with Crippen molar-refractivity contribution in [1.29, 1.82) is 0 Å². The molecule has 8 nitrogen and oxygen atoms in total. The quantitative estimate of drug-likeness (QED) is 0.561. The zero-order valence-corrected chi connectivity index (χ0v) is 9.78. The standard InChI is InChI=1S/C10H15N5O3/c16-3-1-14(2-4-17)6-8-5-9(18)15-10(13-8)11-7-12-15/h5,7,16-17H,1-4,6H2,(H,11,12,13). The molecule has 0 amide bonds. The van der Waals surface area contributed by atoms with Crippen LogP contribution in [0.3, 0.4) is 0 Å². The van der Waals surface area contributed by atoms with Gasteiger partial charge in [0.15, 0.2) is 0 Å². The van der Waals surface area contributed by atoms with E-state index in [0.29, 0.717) is 31.1 Å². The topological polar surface area (TPSA) is 107 Å². The molecule has 0 aliphatic heterocycles. The molecule has 0 saturated heterocycles. The largest absolute Gasteiger partial charge is 0.395 e. The number of nitrogens with zero attached hydrogens (tertiary/aromatic N) is 4. The second kappa shape index (κ2) is 5.71. The molecule has 0 aliphatic rings. The molecule has 0 atom stereocenters. The molecule has 0 spiro atoms. The van der Waals surface area contributed by atoms with Gasteiger partial charge in [0.25, 0.3) is 11.3 Å². The van der Waals surface area contributed by atoms with Crippen LogP contribution >= 0.6 is 0 Å². The molecule has 2 rings (SSSR count). The highest BCUT2D eigenvalue weighted by Gasteiger charge is 2.09. The molecule has 8 heteroatoms. The Morgan fingerprint density at radius 2 is 2.06 bits per heavy atom. The lowest BCUT2D eigenvalue weighted by atomic mass is 10.3. The third-order valence-electron chi connectivity index (χ3n) is 2.54. The first kappa shape index (κ1) is 12.7. The zero-order chi connectivity index (χ0) is 13.0. The van der Waals surface area contributed by atoms with E-state index in [1.165, 1.54) is 16.9 Å². The van der Waals surface area contributed by atoms with Gasteiger partial charge in [-0.1, -0.05) is 0 Å². The maximum absolute atomic E-state index is 11.7. The van der Waals surface area contributed by atoms with Crippen molar-refractivity contribution >= 4 is 5.78 Å². The van der Waals surface area contributed by atoms with Crippen LogP contribution in [0.15, 0.2) is 17.2 Å². The van der Waals surface area contributed by atoms with Gasteiger partial charge in [0.05, 0.1) is 18.9 Å². The van der Waals surface area contributed by atoms with Crippen molar-refractivity contribution in [2.75, 3.05) is 26.3 Å². The highest BCUT2D eigenvalue weighted by atomic mass is 16.3. The summed E-state index contributed by atoms with van der Waals surface area (Å²) in [6, 6.07) is 1.41. The van der Waals surface area contributed by atoms with Crippen molar-refractivity contribution in [3.8, 4) is 0 Å². The summed E-state index contributed by atoms with van der Waals surface area (Å²) in [6.45, 7) is 1.21. The fourth-order valence-electron chi connectivity index (χ4n) is 1.73. The monoisotopic (exact) mass is 253 g/mol. The number of rotatable bonds is 6. The Kier molecular flexibility index (Phi) is 4.03. The summed E-state index contributed by atoms with van der Waals surface area (Å²) in [4.78, 5) is 21.6. The second-order valence-electron chi connectivity index (χ2n) is 3.83. The van der Waals surface area contributed by atoms with Gasteiger partial charge in [-0.3, -0.25) is 14.8 Å². The predicted molar refractivity (Wildman–Crippen MR) is 63.1 cm³/mol. The van der Waals surface area contributed by atoms with Crippen molar-refractivity contribution in [3.05, 3.63) is 28.4 Å². The van der Waals surface area contributed by atoms with Crippen molar-refractivity contribution in [2.45, 2.75) is 6.54 Å². The first-order chi connectivity index (χ1) is 8.74. The molecule has 0 unspecified atom stereocenters. The number of hydrogen-bond acceptors (Lipinski definition) is 6. The smallest absolute Gasteiger partial charge is 0.274 e. The number of aromatic amines is 1. The lowest BCUT2D eigenvalue weighted by molar-refractivity contribution is 0.154. The average Bonchev–Trinajstić information content (AvgIpc) is 2.78. The summed E-state index contributed by atoms with van der Waals surface area (Å²) in [7, 11) is 0. The molecule has 18 heavy (non-hydrogen) atoms. The minimum absolute atomic E-state index is 0.0103. The Labute approximate surface area is 103 Å². The molecule has 2 heterocycles. The van der Waals surface area contributed by atoms with Gasteiger partial charge < -0.3 is 10.2 Å². The summed E-state index contributed by atoms with van der Waals surface area (Å²) >= 11 is 0. The Hall–Kier alpha value is -1.77. The fraction of sp³-hybridized carbons (Fsp3) is 0.500. The Morgan fingerprint density at radius 1 is 1.33 bits per heavy atom. The average molecular weight is 253 g/mol. The van der Waals surface area contributed by atoms with Crippen LogP contribution in [0.25, 0.3) is 5.78 Å². The van der Waals surface area contributed by atoms with Crippen LogP contribution in [0.4, 0.5) is 0 Å². The van der Waals surface area contributed by atoms with Gasteiger partial charge in [0, 0.05) is 25.7 Å². The Balaban J connectivity index is 2.21. The summed E-state index contributed by atoms with van der Waals surface area (Å²) < 4.78 is 1.24. The number of H-pyrrole nitrogens is 1. The number of aliphatic hydroxyl groups is 2. The van der Waals surface area contributed by atoms with E-state index in [0.717, 1.165) is 0 Å². The summed E-state index contributed by atoms with van der Waals surface area (Å²) in [5.74, 6) is 0.311. The van der Waals surface area contributed by atoms with E-state index in [2.05, 4.69) is 15.1 Å². The number of aliphatic hydroxyl groups excluding tert-OH is 2. The van der Waals surface area contributed by atoms with E-state index in [1.807, 2.05) is 4.90 Å². The van der Waals surface area contributed by atoms with Crippen LogP contribution in [0, 0.1) is 0 Å². The Bertz CT molecular complexity index is 558. The van der Waals surface area contributed by atoms with Crippen LogP contribution in [0.2, 0.25) is 0 Å². The van der Waals surface area contributed by atoms with Crippen LogP contribution in [-0.4, -0.2) is 61.0 Å². The third kappa shape index (κ3) is 2.73. The molecule has 98 valence electrons. The van der Waals surface area contributed by atoms with Crippen LogP contribution in [-0.2, 0) is 6.54 Å². The van der Waals surface area contributed by atoms with Crippen LogP contribution < -0.4 is 5.56 Å². The molecule has 2 aromatic heterocycles. The highest BCUT2D eigenvalue weighted by Crippen LogP contribution is 2.00. The SMILES string of the molecule is O=c1cc(CN(CCO)CCO)nc2nc[nH]n12. The molecular weight excluding hydrogens is 238 g/mol. The van der Waals surface area contributed by atoms with Crippen LogP contribution in [0.1, 0.15) is 5.69 Å². The predicted octanol–water partition coefficient (Wildman–Crippen LogP) is -1.80. The number of fused-ring (bicyclic) bond motifs is 1. The van der Waals surface area contributed by atoms with Crippen LogP contribution in [0.5, 0.6) is 0 Å². The van der Waals surface area contributed by atoms with E-state index in [-0.39, 0.29) is 18.8 Å². The fourth-order valence-corrected chi connectivity index (χ4v) is 1.73. The normalized spacial score (nSPS) is 11.5. The molecule has 0 aromatic carbocycles. The van der Waals surface area contributed by atoms with Gasteiger partial charge in [0.2, 0.25) is 0 Å².